The van der Waals surface area contributed by atoms with Crippen LogP contribution in [-0.2, 0) is 23.6 Å². The molecule has 158 valence electrons. The highest BCUT2D eigenvalue weighted by Crippen LogP contribution is 2.27. The van der Waals surface area contributed by atoms with Crippen LogP contribution in [0.2, 0.25) is 5.02 Å². The number of benzene rings is 1. The number of aromatic nitrogens is 4. The highest BCUT2D eigenvalue weighted by atomic mass is 35.5. The zero-order chi connectivity index (χ0) is 21.8. The van der Waals surface area contributed by atoms with Crippen LogP contribution in [0, 0.1) is 0 Å². The highest BCUT2D eigenvalue weighted by Gasteiger charge is 2.19. The molecular weight excluding hydrogens is 430 g/mol. The van der Waals surface area contributed by atoms with E-state index in [1.54, 1.807) is 31.4 Å². The summed E-state index contributed by atoms with van der Waals surface area (Å²) in [6, 6.07) is 6.94. The monoisotopic (exact) mass is 449 g/mol. The van der Waals surface area contributed by atoms with E-state index >= 15 is 0 Å². The van der Waals surface area contributed by atoms with Crippen LogP contribution in [0.3, 0.4) is 0 Å². The maximum Gasteiger partial charge on any atom is 0.332 e. The van der Waals surface area contributed by atoms with Crippen molar-refractivity contribution in [2.45, 2.75) is 5.03 Å². The second-order valence-electron chi connectivity index (χ2n) is 6.40. The molecule has 0 spiro atoms. The van der Waals surface area contributed by atoms with E-state index in [9.17, 15) is 14.4 Å². The number of fused-ring (bicyclic) bond motifs is 1. The number of carbonyl (C=O) groups excluding carboxylic acids is 1. The Kier molecular flexibility index (Phi) is 6.91. The van der Waals surface area contributed by atoms with Gasteiger partial charge in [-0.15, -0.1) is 0 Å². The van der Waals surface area contributed by atoms with Crippen LogP contribution in [0.5, 0.6) is 0 Å². The summed E-state index contributed by atoms with van der Waals surface area (Å²) in [5, 5.41) is 3.71. The van der Waals surface area contributed by atoms with Gasteiger partial charge < -0.3 is 10.1 Å². The molecule has 9 nitrogen and oxygen atoms in total. The average Bonchev–Trinajstić information content (AvgIpc) is 2.74. The lowest BCUT2D eigenvalue weighted by molar-refractivity contribution is -0.118. The topological polar surface area (TPSA) is 108 Å². The molecule has 0 atom stereocenters. The summed E-state index contributed by atoms with van der Waals surface area (Å²) in [4.78, 5) is 46.3. The molecule has 2 aromatic heterocycles. The van der Waals surface area contributed by atoms with Gasteiger partial charge in [0.25, 0.3) is 5.56 Å². The van der Waals surface area contributed by atoms with Crippen molar-refractivity contribution < 1.29 is 9.53 Å². The Morgan fingerprint density at radius 1 is 1.23 bits per heavy atom. The number of thioether (sulfide) groups is 1. The Morgan fingerprint density at radius 3 is 2.70 bits per heavy atom. The molecule has 11 heteroatoms. The van der Waals surface area contributed by atoms with Crippen molar-refractivity contribution in [3.05, 3.63) is 50.1 Å². The van der Waals surface area contributed by atoms with Gasteiger partial charge in [-0.3, -0.25) is 18.7 Å². The third-order valence-electron chi connectivity index (χ3n) is 4.32. The van der Waals surface area contributed by atoms with Gasteiger partial charge in [0.05, 0.1) is 12.4 Å². The van der Waals surface area contributed by atoms with Gasteiger partial charge in [0.1, 0.15) is 10.4 Å². The second-order valence-corrected chi connectivity index (χ2v) is 7.80. The van der Waals surface area contributed by atoms with Crippen molar-refractivity contribution in [3.8, 4) is 11.4 Å². The Morgan fingerprint density at radius 2 is 2.00 bits per heavy atom. The second kappa shape index (κ2) is 9.41. The molecule has 0 aliphatic heterocycles. The highest BCUT2D eigenvalue weighted by molar-refractivity contribution is 8.00. The summed E-state index contributed by atoms with van der Waals surface area (Å²) in [6.45, 7) is 0.777. The molecule has 0 radical (unpaired) electrons. The third kappa shape index (κ3) is 4.55. The van der Waals surface area contributed by atoms with E-state index in [4.69, 9.17) is 16.3 Å². The fourth-order valence-corrected chi connectivity index (χ4v) is 3.80. The molecule has 0 fully saturated rings. The van der Waals surface area contributed by atoms with Gasteiger partial charge in [0.15, 0.2) is 11.5 Å². The average molecular weight is 450 g/mol. The quantitative estimate of drug-likeness (QED) is 0.328. The molecule has 0 unspecified atom stereocenters. The summed E-state index contributed by atoms with van der Waals surface area (Å²) >= 11 is 7.19. The summed E-state index contributed by atoms with van der Waals surface area (Å²) in [6.07, 6.45) is 0. The van der Waals surface area contributed by atoms with Crippen LogP contribution in [0.1, 0.15) is 0 Å². The number of nitrogens with one attached hydrogen (secondary N) is 1. The number of ether oxygens (including phenoxy) is 1. The van der Waals surface area contributed by atoms with Gasteiger partial charge >= 0.3 is 5.69 Å². The Balaban J connectivity index is 2.12. The molecule has 3 aromatic rings. The predicted octanol–water partition coefficient (Wildman–Crippen LogP) is 1.20. The summed E-state index contributed by atoms with van der Waals surface area (Å²) in [5.74, 6) is 0.113. The van der Waals surface area contributed by atoms with Gasteiger partial charge in [-0.2, -0.15) is 0 Å². The fourth-order valence-electron chi connectivity index (χ4n) is 2.77. The molecule has 30 heavy (non-hydrogen) atoms. The van der Waals surface area contributed by atoms with Gasteiger partial charge in [-0.1, -0.05) is 35.5 Å². The number of nitrogens with zero attached hydrogens (tertiary/aromatic N) is 4. The SMILES string of the molecule is COCCNC(=O)CSc1nc(-c2cccc(Cl)c2)nc2c1c(=O)n(C)c(=O)n2C. The lowest BCUT2D eigenvalue weighted by Crippen LogP contribution is -2.37. The van der Waals surface area contributed by atoms with Gasteiger partial charge in [0, 0.05) is 38.3 Å². The first-order valence-corrected chi connectivity index (χ1v) is 10.3. The van der Waals surface area contributed by atoms with E-state index < -0.39 is 11.2 Å². The number of methoxy groups -OCH3 is 1. The number of carbonyl (C=O) groups is 1. The lowest BCUT2D eigenvalue weighted by Gasteiger charge is -2.12. The fraction of sp³-hybridized carbons (Fsp3) is 0.316. The van der Waals surface area contributed by atoms with E-state index in [1.807, 2.05) is 0 Å². The zero-order valence-corrected chi connectivity index (χ0v) is 18.2. The molecule has 0 aliphatic carbocycles. The first-order chi connectivity index (χ1) is 14.3. The smallest absolute Gasteiger partial charge is 0.332 e. The molecule has 1 amide bonds. The number of hydrogen-bond donors (Lipinski definition) is 1. The third-order valence-corrected chi connectivity index (χ3v) is 5.53. The lowest BCUT2D eigenvalue weighted by atomic mass is 10.2. The summed E-state index contributed by atoms with van der Waals surface area (Å²) < 4.78 is 7.19. The van der Waals surface area contributed by atoms with E-state index in [1.165, 1.54) is 18.7 Å². The molecule has 0 saturated carbocycles. The van der Waals surface area contributed by atoms with Crippen molar-refractivity contribution in [3.63, 3.8) is 0 Å². The van der Waals surface area contributed by atoms with Crippen molar-refractivity contribution in [1.29, 1.82) is 0 Å². The largest absolute Gasteiger partial charge is 0.383 e. The zero-order valence-electron chi connectivity index (χ0n) is 16.6. The minimum atomic E-state index is -0.520. The van der Waals surface area contributed by atoms with Crippen molar-refractivity contribution in [1.82, 2.24) is 24.4 Å². The standard InChI is InChI=1S/C19H20ClN5O4S/c1-24-16-14(18(27)25(2)19(24)28)17(30-10-13(26)21-7-8-29-3)23-15(22-16)11-5-4-6-12(20)9-11/h4-6,9H,7-8,10H2,1-3H3,(H,21,26). The van der Waals surface area contributed by atoms with Gasteiger partial charge in [-0.05, 0) is 12.1 Å². The van der Waals surface area contributed by atoms with E-state index in [0.717, 1.165) is 16.3 Å². The first kappa shape index (κ1) is 22.0. The van der Waals surface area contributed by atoms with Crippen LogP contribution in [0.4, 0.5) is 0 Å². The van der Waals surface area contributed by atoms with Crippen molar-refractivity contribution in [2.24, 2.45) is 14.1 Å². The number of aryl methyl sites for hydroxylation is 1. The molecular formula is C19H20ClN5O4S. The normalized spacial score (nSPS) is 11.1. The van der Waals surface area contributed by atoms with Crippen molar-refractivity contribution >= 4 is 40.3 Å². The van der Waals surface area contributed by atoms with E-state index in [2.05, 4.69) is 15.3 Å². The molecule has 0 aliphatic rings. The van der Waals surface area contributed by atoms with Gasteiger partial charge in [0.2, 0.25) is 5.91 Å². The maximum atomic E-state index is 12.8. The Labute approximate surface area is 181 Å². The Hall–Kier alpha value is -2.69. The number of rotatable bonds is 7. The first-order valence-electron chi connectivity index (χ1n) is 8.95. The summed E-state index contributed by atoms with van der Waals surface area (Å²) in [7, 11) is 4.47. The van der Waals surface area contributed by atoms with Crippen molar-refractivity contribution in [2.75, 3.05) is 26.0 Å². The van der Waals surface area contributed by atoms with Crippen LogP contribution < -0.4 is 16.6 Å². The summed E-state index contributed by atoms with van der Waals surface area (Å²) in [5.41, 5.74) is -0.205. The van der Waals surface area contributed by atoms with Crippen LogP contribution in [-0.4, -0.2) is 51.0 Å². The predicted molar refractivity (Wildman–Crippen MR) is 116 cm³/mol. The molecule has 0 saturated heterocycles. The molecule has 0 bridgehead atoms. The molecule has 1 aromatic carbocycles. The molecule has 2 heterocycles. The maximum absolute atomic E-state index is 12.8. The number of amides is 1. The number of hydrogen-bond acceptors (Lipinski definition) is 7. The van der Waals surface area contributed by atoms with Crippen LogP contribution >= 0.6 is 23.4 Å². The van der Waals surface area contributed by atoms with E-state index in [-0.39, 0.29) is 22.7 Å². The minimum Gasteiger partial charge on any atom is -0.383 e. The van der Waals surface area contributed by atoms with E-state index in [0.29, 0.717) is 34.6 Å². The molecule has 1 N–H and O–H groups in total. The Bertz CT molecular complexity index is 1220. The van der Waals surface area contributed by atoms with Crippen LogP contribution in [0.25, 0.3) is 22.4 Å². The number of halogens is 1. The minimum absolute atomic E-state index is 0.0385. The molecule has 3 rings (SSSR count). The van der Waals surface area contributed by atoms with Gasteiger partial charge in [-0.25, -0.2) is 14.8 Å². The van der Waals surface area contributed by atoms with Crippen LogP contribution in [0.15, 0.2) is 38.9 Å².